The van der Waals surface area contributed by atoms with Gasteiger partial charge in [-0.1, -0.05) is 0 Å². The van der Waals surface area contributed by atoms with Crippen molar-refractivity contribution < 1.29 is 9.53 Å². The first-order valence-electron chi connectivity index (χ1n) is 7.93. The van der Waals surface area contributed by atoms with Gasteiger partial charge in [0.25, 0.3) is 0 Å². The van der Waals surface area contributed by atoms with E-state index < -0.39 is 0 Å². The molecule has 2 aliphatic heterocycles. The average Bonchev–Trinajstić information content (AvgIpc) is 3.18. The quantitative estimate of drug-likeness (QED) is 0.928. The summed E-state index contributed by atoms with van der Waals surface area (Å²) in [7, 11) is 0. The van der Waals surface area contributed by atoms with Crippen LogP contribution in [0.1, 0.15) is 31.2 Å². The Balaban J connectivity index is 1.44. The fourth-order valence-electron chi connectivity index (χ4n) is 3.37. The van der Waals surface area contributed by atoms with Gasteiger partial charge in [-0.05, 0) is 59.9 Å². The molecule has 0 aliphatic carbocycles. The summed E-state index contributed by atoms with van der Waals surface area (Å²) in [5, 5.41) is 7.16. The smallest absolute Gasteiger partial charge is 0.317 e. The third-order valence-electron chi connectivity index (χ3n) is 4.52. The van der Waals surface area contributed by atoms with Crippen LogP contribution in [0.4, 0.5) is 4.79 Å². The lowest BCUT2D eigenvalue weighted by Crippen LogP contribution is -2.45. The Kier molecular flexibility index (Phi) is 5.14. The molecule has 1 N–H and O–H groups in total. The van der Waals surface area contributed by atoms with Crippen molar-refractivity contribution in [1.29, 1.82) is 0 Å². The van der Waals surface area contributed by atoms with Crippen molar-refractivity contribution in [2.75, 3.05) is 26.3 Å². The number of thiophene rings is 1. The molecule has 2 saturated heterocycles. The van der Waals surface area contributed by atoms with Crippen molar-refractivity contribution in [2.24, 2.45) is 11.8 Å². The summed E-state index contributed by atoms with van der Waals surface area (Å²) in [5.74, 6) is 1.36. The van der Waals surface area contributed by atoms with E-state index in [4.69, 9.17) is 4.74 Å². The highest BCUT2D eigenvalue weighted by atomic mass is 32.1. The first kappa shape index (κ1) is 14.9. The van der Waals surface area contributed by atoms with Crippen LogP contribution in [0.25, 0.3) is 0 Å². The molecular weight excluding hydrogens is 284 g/mol. The van der Waals surface area contributed by atoms with Crippen LogP contribution in [0.15, 0.2) is 16.8 Å². The van der Waals surface area contributed by atoms with Crippen LogP contribution >= 0.6 is 11.3 Å². The largest absolute Gasteiger partial charge is 0.381 e. The Morgan fingerprint density at radius 2 is 2.38 bits per heavy atom. The molecular formula is C16H24N2O2S. The van der Waals surface area contributed by atoms with Crippen LogP contribution in [0.5, 0.6) is 0 Å². The van der Waals surface area contributed by atoms with E-state index in [1.165, 1.54) is 24.8 Å². The summed E-state index contributed by atoms with van der Waals surface area (Å²) >= 11 is 1.67. The van der Waals surface area contributed by atoms with Crippen LogP contribution in [0, 0.1) is 11.8 Å². The maximum atomic E-state index is 12.3. The number of rotatable bonds is 4. The fourth-order valence-corrected chi connectivity index (χ4v) is 4.03. The van der Waals surface area contributed by atoms with Gasteiger partial charge in [-0.2, -0.15) is 11.3 Å². The molecule has 3 heterocycles. The van der Waals surface area contributed by atoms with Crippen LogP contribution in [0.2, 0.25) is 0 Å². The number of carbonyl (C=O) groups excluding carboxylic acids is 1. The molecule has 21 heavy (non-hydrogen) atoms. The molecule has 0 spiro atoms. The molecule has 4 nitrogen and oxygen atoms in total. The van der Waals surface area contributed by atoms with Gasteiger partial charge in [0.1, 0.15) is 0 Å². The SMILES string of the molecule is O=C(NCc1ccsc1)N1CCCC(CC2CCOC2)C1. The van der Waals surface area contributed by atoms with E-state index in [0.717, 1.165) is 32.7 Å². The summed E-state index contributed by atoms with van der Waals surface area (Å²) < 4.78 is 5.46. The molecule has 0 aromatic carbocycles. The number of piperidine rings is 1. The Hall–Kier alpha value is -1.07. The summed E-state index contributed by atoms with van der Waals surface area (Å²) in [6.45, 7) is 4.28. The molecule has 2 unspecified atom stereocenters. The van der Waals surface area contributed by atoms with Crippen molar-refractivity contribution in [2.45, 2.75) is 32.2 Å². The van der Waals surface area contributed by atoms with Gasteiger partial charge in [-0.25, -0.2) is 4.79 Å². The normalized spacial score (nSPS) is 26.0. The maximum Gasteiger partial charge on any atom is 0.317 e. The van der Waals surface area contributed by atoms with E-state index in [1.54, 1.807) is 11.3 Å². The number of hydrogen-bond acceptors (Lipinski definition) is 3. The number of nitrogens with zero attached hydrogens (tertiary/aromatic N) is 1. The molecule has 0 saturated carbocycles. The minimum Gasteiger partial charge on any atom is -0.381 e. The Labute approximate surface area is 130 Å². The predicted octanol–water partition coefficient (Wildman–Crippen LogP) is 3.10. The molecule has 2 aliphatic rings. The van der Waals surface area contributed by atoms with Gasteiger partial charge in [0.05, 0.1) is 0 Å². The van der Waals surface area contributed by atoms with Gasteiger partial charge in [0.15, 0.2) is 0 Å². The highest BCUT2D eigenvalue weighted by molar-refractivity contribution is 7.07. The molecule has 5 heteroatoms. The number of nitrogens with one attached hydrogen (secondary N) is 1. The lowest BCUT2D eigenvalue weighted by molar-refractivity contribution is 0.146. The molecule has 2 atom stereocenters. The second kappa shape index (κ2) is 7.27. The number of urea groups is 1. The van der Waals surface area contributed by atoms with Gasteiger partial charge in [0.2, 0.25) is 0 Å². The van der Waals surface area contributed by atoms with Gasteiger partial charge in [0, 0.05) is 32.8 Å². The summed E-state index contributed by atoms with van der Waals surface area (Å²) in [4.78, 5) is 14.3. The average molecular weight is 308 g/mol. The topological polar surface area (TPSA) is 41.6 Å². The molecule has 0 radical (unpaired) electrons. The van der Waals surface area contributed by atoms with Crippen molar-refractivity contribution >= 4 is 17.4 Å². The van der Waals surface area contributed by atoms with Crippen LogP contribution in [0.3, 0.4) is 0 Å². The molecule has 2 fully saturated rings. The van der Waals surface area contributed by atoms with Crippen molar-refractivity contribution in [1.82, 2.24) is 10.2 Å². The van der Waals surface area contributed by atoms with Crippen molar-refractivity contribution in [3.8, 4) is 0 Å². The highest BCUT2D eigenvalue weighted by Gasteiger charge is 2.27. The summed E-state index contributed by atoms with van der Waals surface area (Å²) in [6, 6.07) is 2.15. The molecule has 0 bridgehead atoms. The molecule has 2 amide bonds. The van der Waals surface area contributed by atoms with Crippen molar-refractivity contribution in [3.63, 3.8) is 0 Å². The standard InChI is InChI=1S/C16H24N2O2S/c19-16(17-9-15-4-7-21-12-15)18-5-1-2-13(10-18)8-14-3-6-20-11-14/h4,7,12-14H,1-3,5-6,8-11H2,(H,17,19). The third kappa shape index (κ3) is 4.20. The van der Waals surface area contributed by atoms with E-state index in [1.807, 2.05) is 10.3 Å². The van der Waals surface area contributed by atoms with E-state index in [9.17, 15) is 4.79 Å². The molecule has 1 aromatic rings. The number of likely N-dealkylation sites (tertiary alicyclic amines) is 1. The van der Waals surface area contributed by atoms with Crippen LogP contribution in [-0.2, 0) is 11.3 Å². The van der Waals surface area contributed by atoms with E-state index in [0.29, 0.717) is 18.4 Å². The van der Waals surface area contributed by atoms with Crippen LogP contribution in [-0.4, -0.2) is 37.2 Å². The summed E-state index contributed by atoms with van der Waals surface area (Å²) in [6.07, 6.45) is 4.80. The van der Waals surface area contributed by atoms with E-state index in [2.05, 4.69) is 16.8 Å². The number of ether oxygens (including phenoxy) is 1. The van der Waals surface area contributed by atoms with Gasteiger partial charge in [-0.15, -0.1) is 0 Å². The van der Waals surface area contributed by atoms with Gasteiger partial charge < -0.3 is 15.0 Å². The minimum absolute atomic E-state index is 0.0913. The highest BCUT2D eigenvalue weighted by Crippen LogP contribution is 2.27. The maximum absolute atomic E-state index is 12.3. The zero-order chi connectivity index (χ0) is 14.5. The molecule has 116 valence electrons. The Morgan fingerprint density at radius 1 is 1.43 bits per heavy atom. The van der Waals surface area contributed by atoms with E-state index >= 15 is 0 Å². The van der Waals surface area contributed by atoms with Gasteiger partial charge in [-0.3, -0.25) is 0 Å². The fraction of sp³-hybridized carbons (Fsp3) is 0.688. The minimum atomic E-state index is 0.0913. The molecule has 1 aromatic heterocycles. The molecule has 3 rings (SSSR count). The number of hydrogen-bond donors (Lipinski definition) is 1. The lowest BCUT2D eigenvalue weighted by atomic mass is 9.88. The monoisotopic (exact) mass is 308 g/mol. The number of carbonyl (C=O) groups is 1. The first-order valence-corrected chi connectivity index (χ1v) is 8.87. The lowest BCUT2D eigenvalue weighted by Gasteiger charge is -2.33. The van der Waals surface area contributed by atoms with Crippen molar-refractivity contribution in [3.05, 3.63) is 22.4 Å². The summed E-state index contributed by atoms with van der Waals surface area (Å²) in [5.41, 5.74) is 1.19. The van der Waals surface area contributed by atoms with Gasteiger partial charge >= 0.3 is 6.03 Å². The first-order chi connectivity index (χ1) is 10.3. The second-order valence-electron chi connectivity index (χ2n) is 6.21. The van der Waals surface area contributed by atoms with Crippen LogP contribution < -0.4 is 5.32 Å². The zero-order valence-electron chi connectivity index (χ0n) is 12.4. The Bertz CT molecular complexity index is 443. The predicted molar refractivity (Wildman–Crippen MR) is 84.4 cm³/mol. The third-order valence-corrected chi connectivity index (χ3v) is 5.25. The Morgan fingerprint density at radius 3 is 3.14 bits per heavy atom. The zero-order valence-corrected chi connectivity index (χ0v) is 13.2. The number of amides is 2. The van der Waals surface area contributed by atoms with E-state index in [-0.39, 0.29) is 6.03 Å². The second-order valence-corrected chi connectivity index (χ2v) is 6.99.